The van der Waals surface area contributed by atoms with Gasteiger partial charge in [-0.2, -0.15) is 0 Å². The Balaban J connectivity index is 1.55. The molecule has 0 spiro atoms. The number of hydrogen-bond donors (Lipinski definition) is 2. The van der Waals surface area contributed by atoms with Crippen LogP contribution in [0, 0.1) is 6.92 Å². The zero-order valence-corrected chi connectivity index (χ0v) is 20.3. The second-order valence-electron chi connectivity index (χ2n) is 7.64. The molecule has 0 saturated carbocycles. The third-order valence-corrected chi connectivity index (χ3v) is 6.49. The van der Waals surface area contributed by atoms with Crippen LogP contribution in [0.25, 0.3) is 0 Å². The zero-order valence-electron chi connectivity index (χ0n) is 19.5. The zero-order chi connectivity index (χ0) is 24.7. The molecule has 0 aliphatic rings. The van der Waals surface area contributed by atoms with E-state index < -0.39 is 10.0 Å². The van der Waals surface area contributed by atoms with Gasteiger partial charge in [-0.15, -0.1) is 0 Å². The van der Waals surface area contributed by atoms with Crippen molar-refractivity contribution in [2.45, 2.75) is 24.8 Å². The minimum atomic E-state index is -3.74. The Morgan fingerprint density at radius 3 is 2.18 bits per heavy atom. The fourth-order valence-corrected chi connectivity index (χ4v) is 4.25. The van der Waals surface area contributed by atoms with Crippen LogP contribution in [0.2, 0.25) is 0 Å². The molecule has 0 aromatic heterocycles. The number of methoxy groups -OCH3 is 2. The molecule has 0 saturated heterocycles. The van der Waals surface area contributed by atoms with E-state index in [0.29, 0.717) is 22.9 Å². The summed E-state index contributed by atoms with van der Waals surface area (Å²) in [5.41, 5.74) is 2.36. The average Bonchev–Trinajstić information content (AvgIpc) is 2.83. The maximum atomic E-state index is 12.6. The van der Waals surface area contributed by atoms with Crippen molar-refractivity contribution in [3.8, 4) is 17.2 Å². The van der Waals surface area contributed by atoms with Crippen LogP contribution < -0.4 is 24.2 Å². The van der Waals surface area contributed by atoms with Crippen LogP contribution in [-0.4, -0.2) is 35.2 Å². The summed E-state index contributed by atoms with van der Waals surface area (Å²) in [4.78, 5) is 12.4. The van der Waals surface area contributed by atoms with Crippen LogP contribution in [0.15, 0.2) is 71.6 Å². The predicted octanol–water partition coefficient (Wildman–Crippen LogP) is 4.07. The van der Waals surface area contributed by atoms with Crippen molar-refractivity contribution in [1.82, 2.24) is 5.32 Å². The molecule has 0 fully saturated rings. The number of rotatable bonds is 10. The summed E-state index contributed by atoms with van der Waals surface area (Å²) < 4.78 is 43.7. The lowest BCUT2D eigenvalue weighted by Gasteiger charge is -2.17. The van der Waals surface area contributed by atoms with Gasteiger partial charge in [-0.25, -0.2) is 8.42 Å². The molecule has 0 bridgehead atoms. The molecule has 0 unspecified atom stereocenters. The lowest BCUT2D eigenvalue weighted by molar-refractivity contribution is -0.123. The third-order valence-electron chi connectivity index (χ3n) is 5.09. The van der Waals surface area contributed by atoms with Crippen LogP contribution in [0.5, 0.6) is 17.2 Å². The van der Waals surface area contributed by atoms with Gasteiger partial charge in [0.25, 0.3) is 15.9 Å². The van der Waals surface area contributed by atoms with Gasteiger partial charge in [-0.3, -0.25) is 9.52 Å². The highest BCUT2D eigenvalue weighted by Crippen LogP contribution is 2.29. The van der Waals surface area contributed by atoms with Crippen LogP contribution >= 0.6 is 0 Å². The maximum Gasteiger partial charge on any atom is 0.261 e. The Morgan fingerprint density at radius 2 is 1.56 bits per heavy atom. The Labute approximate surface area is 199 Å². The predicted molar refractivity (Wildman–Crippen MR) is 130 cm³/mol. The molecule has 34 heavy (non-hydrogen) atoms. The van der Waals surface area contributed by atoms with Gasteiger partial charge in [0, 0.05) is 5.69 Å². The molecule has 3 aromatic rings. The van der Waals surface area contributed by atoms with Crippen molar-refractivity contribution < 1.29 is 27.4 Å². The number of anilines is 1. The SMILES string of the molecule is COc1ccc([C@H](C)NC(=O)COc2ccc(S(=O)(=O)Nc3ccc(C)cc3)cc2)cc1OC. The lowest BCUT2D eigenvalue weighted by atomic mass is 10.1. The molecule has 1 atom stereocenters. The number of nitrogens with one attached hydrogen (secondary N) is 2. The molecule has 3 aromatic carbocycles. The molecule has 0 heterocycles. The van der Waals surface area contributed by atoms with E-state index in [9.17, 15) is 13.2 Å². The first-order chi connectivity index (χ1) is 16.2. The smallest absolute Gasteiger partial charge is 0.261 e. The molecule has 0 radical (unpaired) electrons. The minimum absolute atomic E-state index is 0.0898. The summed E-state index contributed by atoms with van der Waals surface area (Å²) in [5.74, 6) is 1.24. The molecule has 1 amide bonds. The maximum absolute atomic E-state index is 12.6. The highest BCUT2D eigenvalue weighted by Gasteiger charge is 2.16. The van der Waals surface area contributed by atoms with Gasteiger partial charge in [0.05, 0.1) is 25.2 Å². The van der Waals surface area contributed by atoms with E-state index in [4.69, 9.17) is 14.2 Å². The number of hydrogen-bond acceptors (Lipinski definition) is 6. The summed E-state index contributed by atoms with van der Waals surface area (Å²) in [6, 6.07) is 18.1. The number of sulfonamides is 1. The van der Waals surface area contributed by atoms with Gasteiger partial charge in [-0.05, 0) is 67.9 Å². The summed E-state index contributed by atoms with van der Waals surface area (Å²) in [7, 11) is -0.628. The van der Waals surface area contributed by atoms with Crippen molar-refractivity contribution in [2.24, 2.45) is 0 Å². The molecule has 3 rings (SSSR count). The standard InChI is InChI=1S/C25H28N2O6S/c1-17-5-8-20(9-6-17)27-34(29,30)22-12-10-21(11-13-22)33-16-25(28)26-18(2)19-7-14-23(31-3)24(15-19)32-4/h5-15,18,27H,16H2,1-4H3,(H,26,28)/t18-/m0/s1. The highest BCUT2D eigenvalue weighted by atomic mass is 32.2. The second-order valence-corrected chi connectivity index (χ2v) is 9.32. The van der Waals surface area contributed by atoms with Crippen LogP contribution in [-0.2, 0) is 14.8 Å². The number of ether oxygens (including phenoxy) is 3. The number of benzene rings is 3. The monoisotopic (exact) mass is 484 g/mol. The molecular weight excluding hydrogens is 456 g/mol. The largest absolute Gasteiger partial charge is 0.493 e. The lowest BCUT2D eigenvalue weighted by Crippen LogP contribution is -2.31. The van der Waals surface area contributed by atoms with Gasteiger partial charge >= 0.3 is 0 Å². The van der Waals surface area contributed by atoms with E-state index in [1.807, 2.05) is 32.0 Å². The molecule has 9 heteroatoms. The first-order valence-electron chi connectivity index (χ1n) is 10.6. The van der Waals surface area contributed by atoms with Crippen molar-refractivity contribution in [3.05, 3.63) is 77.9 Å². The Kier molecular flexibility index (Phi) is 8.01. The topological polar surface area (TPSA) is 103 Å². The number of carbonyl (C=O) groups is 1. The Hall–Kier alpha value is -3.72. The van der Waals surface area contributed by atoms with Crippen LogP contribution in [0.1, 0.15) is 24.1 Å². The van der Waals surface area contributed by atoms with E-state index in [0.717, 1.165) is 11.1 Å². The summed E-state index contributed by atoms with van der Waals surface area (Å²) in [5, 5.41) is 2.86. The first kappa shape index (κ1) is 24.9. The Morgan fingerprint density at radius 1 is 0.912 bits per heavy atom. The molecule has 8 nitrogen and oxygen atoms in total. The van der Waals surface area contributed by atoms with Crippen LogP contribution in [0.4, 0.5) is 5.69 Å². The van der Waals surface area contributed by atoms with E-state index in [1.165, 1.54) is 24.3 Å². The van der Waals surface area contributed by atoms with E-state index in [2.05, 4.69) is 10.0 Å². The van der Waals surface area contributed by atoms with Gasteiger partial charge in [0.2, 0.25) is 0 Å². The van der Waals surface area contributed by atoms with Crippen LogP contribution in [0.3, 0.4) is 0 Å². The molecule has 2 N–H and O–H groups in total. The quantitative estimate of drug-likeness (QED) is 0.450. The fraction of sp³-hybridized carbons (Fsp3) is 0.240. The number of aryl methyl sites for hydroxylation is 1. The molecule has 0 aliphatic carbocycles. The highest BCUT2D eigenvalue weighted by molar-refractivity contribution is 7.92. The van der Waals surface area contributed by atoms with Crippen molar-refractivity contribution in [3.63, 3.8) is 0 Å². The van der Waals surface area contributed by atoms with E-state index in [-0.39, 0.29) is 23.5 Å². The van der Waals surface area contributed by atoms with Gasteiger partial charge in [0.1, 0.15) is 5.75 Å². The third kappa shape index (κ3) is 6.41. The molecular formula is C25H28N2O6S. The number of amides is 1. The van der Waals surface area contributed by atoms with Gasteiger partial charge in [0.15, 0.2) is 18.1 Å². The van der Waals surface area contributed by atoms with Gasteiger partial charge in [-0.1, -0.05) is 23.8 Å². The fourth-order valence-electron chi connectivity index (χ4n) is 3.19. The molecule has 180 valence electrons. The first-order valence-corrected chi connectivity index (χ1v) is 12.0. The van der Waals surface area contributed by atoms with E-state index in [1.54, 1.807) is 38.5 Å². The normalized spacial score (nSPS) is 11.9. The Bertz CT molecular complexity index is 1230. The number of carbonyl (C=O) groups excluding carboxylic acids is 1. The van der Waals surface area contributed by atoms with Gasteiger partial charge < -0.3 is 19.5 Å². The molecule has 0 aliphatic heterocycles. The summed E-state index contributed by atoms with van der Waals surface area (Å²) in [6.07, 6.45) is 0. The summed E-state index contributed by atoms with van der Waals surface area (Å²) >= 11 is 0. The van der Waals surface area contributed by atoms with E-state index >= 15 is 0 Å². The van der Waals surface area contributed by atoms with Crippen molar-refractivity contribution in [1.29, 1.82) is 0 Å². The second kappa shape index (κ2) is 10.9. The summed E-state index contributed by atoms with van der Waals surface area (Å²) in [6.45, 7) is 3.55. The minimum Gasteiger partial charge on any atom is -0.493 e. The van der Waals surface area contributed by atoms with Crippen molar-refractivity contribution in [2.75, 3.05) is 25.5 Å². The average molecular weight is 485 g/mol. The van der Waals surface area contributed by atoms with Crippen molar-refractivity contribution >= 4 is 21.6 Å².